The average molecular weight is 170 g/mol. The minimum Gasteiger partial charge on any atom is -0.370 e. The van der Waals surface area contributed by atoms with Gasteiger partial charge in [0.05, 0.1) is 5.01 Å². The highest BCUT2D eigenvalue weighted by atomic mass is 32.1. The molecular weight excluding hydrogens is 160 g/mol. The first-order valence-corrected chi connectivity index (χ1v) is 4.11. The predicted octanol–water partition coefficient (Wildman–Crippen LogP) is -0.0410. The van der Waals surface area contributed by atoms with E-state index in [1.54, 1.807) is 17.5 Å². The fourth-order valence-corrected chi connectivity index (χ4v) is 1.27. The summed E-state index contributed by atoms with van der Waals surface area (Å²) in [5, 5.41) is 3.00. The zero-order valence-corrected chi connectivity index (χ0v) is 6.84. The van der Waals surface area contributed by atoms with Crippen LogP contribution >= 0.6 is 11.3 Å². The summed E-state index contributed by atoms with van der Waals surface area (Å²) in [5.74, 6) is 0.140. The van der Waals surface area contributed by atoms with Crippen LogP contribution in [-0.2, 0) is 6.42 Å². The normalized spacial score (nSPS) is 9.45. The number of hydrogen-bond donors (Lipinski definition) is 2. The van der Waals surface area contributed by atoms with E-state index in [4.69, 9.17) is 11.5 Å². The van der Waals surface area contributed by atoms with E-state index in [1.807, 2.05) is 5.38 Å². The molecular formula is C6H10N4S. The van der Waals surface area contributed by atoms with Gasteiger partial charge >= 0.3 is 0 Å². The smallest absolute Gasteiger partial charge is 0.185 e. The van der Waals surface area contributed by atoms with Gasteiger partial charge in [-0.3, -0.25) is 4.99 Å². The average Bonchev–Trinajstić information content (AvgIpc) is 2.39. The second-order valence-electron chi connectivity index (χ2n) is 1.98. The molecule has 1 heterocycles. The van der Waals surface area contributed by atoms with Gasteiger partial charge in [-0.25, -0.2) is 4.98 Å². The Morgan fingerprint density at radius 3 is 3.00 bits per heavy atom. The molecule has 0 saturated heterocycles. The van der Waals surface area contributed by atoms with Crippen LogP contribution in [0.3, 0.4) is 0 Å². The van der Waals surface area contributed by atoms with Gasteiger partial charge in [0, 0.05) is 24.5 Å². The minimum atomic E-state index is 0.140. The molecule has 11 heavy (non-hydrogen) atoms. The van der Waals surface area contributed by atoms with Crippen LogP contribution in [0.1, 0.15) is 5.01 Å². The Kier molecular flexibility index (Phi) is 2.85. The van der Waals surface area contributed by atoms with Crippen molar-refractivity contribution in [3.8, 4) is 0 Å². The van der Waals surface area contributed by atoms with Gasteiger partial charge in [-0.15, -0.1) is 11.3 Å². The first-order valence-electron chi connectivity index (χ1n) is 3.23. The fourth-order valence-electron chi connectivity index (χ4n) is 0.657. The predicted molar refractivity (Wildman–Crippen MR) is 46.5 cm³/mol. The number of nitrogens with zero attached hydrogens (tertiary/aromatic N) is 2. The molecule has 0 unspecified atom stereocenters. The summed E-state index contributed by atoms with van der Waals surface area (Å²) in [6.07, 6.45) is 2.59. The van der Waals surface area contributed by atoms with Crippen molar-refractivity contribution in [2.45, 2.75) is 6.42 Å². The quantitative estimate of drug-likeness (QED) is 0.493. The van der Waals surface area contributed by atoms with Crippen LogP contribution in [0.5, 0.6) is 0 Å². The summed E-state index contributed by atoms with van der Waals surface area (Å²) < 4.78 is 0. The molecule has 0 bridgehead atoms. The van der Waals surface area contributed by atoms with Gasteiger partial charge in [0.2, 0.25) is 0 Å². The third-order valence-electron chi connectivity index (χ3n) is 1.10. The number of rotatable bonds is 3. The molecule has 1 aromatic rings. The molecule has 60 valence electrons. The molecule has 0 aliphatic carbocycles. The van der Waals surface area contributed by atoms with Crippen LogP contribution in [0, 0.1) is 0 Å². The third kappa shape index (κ3) is 2.99. The second-order valence-corrected chi connectivity index (χ2v) is 2.96. The second kappa shape index (κ2) is 3.92. The van der Waals surface area contributed by atoms with Crippen molar-refractivity contribution in [1.29, 1.82) is 0 Å². The van der Waals surface area contributed by atoms with Gasteiger partial charge in [0.25, 0.3) is 0 Å². The first-order chi connectivity index (χ1) is 5.29. The van der Waals surface area contributed by atoms with Gasteiger partial charge in [-0.05, 0) is 0 Å². The Balaban J connectivity index is 2.30. The van der Waals surface area contributed by atoms with E-state index in [2.05, 4.69) is 9.98 Å². The van der Waals surface area contributed by atoms with E-state index in [9.17, 15) is 0 Å². The molecule has 0 spiro atoms. The van der Waals surface area contributed by atoms with E-state index in [0.29, 0.717) is 6.54 Å². The zero-order valence-electron chi connectivity index (χ0n) is 6.03. The Morgan fingerprint density at radius 2 is 2.45 bits per heavy atom. The van der Waals surface area contributed by atoms with Crippen LogP contribution in [0.25, 0.3) is 0 Å². The fraction of sp³-hybridized carbons (Fsp3) is 0.333. The summed E-state index contributed by atoms with van der Waals surface area (Å²) in [6, 6.07) is 0. The van der Waals surface area contributed by atoms with Gasteiger partial charge in [0.15, 0.2) is 5.96 Å². The number of aromatic nitrogens is 1. The maximum atomic E-state index is 5.14. The Labute approximate surface area is 69.0 Å². The molecule has 0 amide bonds. The first kappa shape index (κ1) is 8.00. The van der Waals surface area contributed by atoms with Crippen molar-refractivity contribution in [2.75, 3.05) is 6.54 Å². The summed E-state index contributed by atoms with van der Waals surface area (Å²) in [4.78, 5) is 7.92. The summed E-state index contributed by atoms with van der Waals surface area (Å²) in [7, 11) is 0. The number of guanidine groups is 1. The Morgan fingerprint density at radius 1 is 1.64 bits per heavy atom. The minimum absolute atomic E-state index is 0.140. The number of hydrogen-bond acceptors (Lipinski definition) is 3. The van der Waals surface area contributed by atoms with Crippen molar-refractivity contribution < 1.29 is 0 Å². The molecule has 0 fully saturated rings. The molecule has 5 heteroatoms. The standard InChI is InChI=1S/C6H10N4S/c7-6(8)10-2-1-5-9-3-4-11-5/h3-4H,1-2H2,(H4,7,8,10). The number of nitrogens with two attached hydrogens (primary N) is 2. The third-order valence-corrected chi connectivity index (χ3v) is 1.94. The largest absolute Gasteiger partial charge is 0.370 e. The van der Waals surface area contributed by atoms with Crippen LogP contribution in [0.2, 0.25) is 0 Å². The van der Waals surface area contributed by atoms with Crippen LogP contribution < -0.4 is 11.5 Å². The van der Waals surface area contributed by atoms with Crippen molar-refractivity contribution in [3.63, 3.8) is 0 Å². The lowest BCUT2D eigenvalue weighted by molar-refractivity contribution is 0.947. The summed E-state index contributed by atoms with van der Waals surface area (Å²) in [5.41, 5.74) is 10.3. The van der Waals surface area contributed by atoms with Gasteiger partial charge < -0.3 is 11.5 Å². The topological polar surface area (TPSA) is 77.3 Å². The molecule has 1 rings (SSSR count). The Hall–Kier alpha value is -1.10. The maximum Gasteiger partial charge on any atom is 0.185 e. The maximum absolute atomic E-state index is 5.14. The van der Waals surface area contributed by atoms with E-state index < -0.39 is 0 Å². The van der Waals surface area contributed by atoms with Crippen molar-refractivity contribution in [2.24, 2.45) is 16.5 Å². The monoisotopic (exact) mass is 170 g/mol. The van der Waals surface area contributed by atoms with Crippen LogP contribution in [0.4, 0.5) is 0 Å². The molecule has 4 N–H and O–H groups in total. The Bertz CT molecular complexity index is 225. The summed E-state index contributed by atoms with van der Waals surface area (Å²) in [6.45, 7) is 0.621. The van der Waals surface area contributed by atoms with Crippen LogP contribution in [0.15, 0.2) is 16.6 Å². The van der Waals surface area contributed by atoms with Crippen molar-refractivity contribution >= 4 is 17.3 Å². The molecule has 0 aliphatic rings. The van der Waals surface area contributed by atoms with E-state index in [-0.39, 0.29) is 5.96 Å². The lowest BCUT2D eigenvalue weighted by Crippen LogP contribution is -2.23. The highest BCUT2D eigenvalue weighted by Gasteiger charge is 1.92. The zero-order chi connectivity index (χ0) is 8.10. The van der Waals surface area contributed by atoms with Gasteiger partial charge in [-0.1, -0.05) is 0 Å². The highest BCUT2D eigenvalue weighted by molar-refractivity contribution is 7.09. The molecule has 0 saturated carbocycles. The molecule has 0 radical (unpaired) electrons. The number of thiazole rings is 1. The SMILES string of the molecule is NC(N)=NCCc1nccs1. The lowest BCUT2D eigenvalue weighted by Gasteiger charge is -1.91. The highest BCUT2D eigenvalue weighted by Crippen LogP contribution is 2.03. The van der Waals surface area contributed by atoms with E-state index >= 15 is 0 Å². The summed E-state index contributed by atoms with van der Waals surface area (Å²) >= 11 is 1.61. The van der Waals surface area contributed by atoms with E-state index in [1.165, 1.54) is 0 Å². The van der Waals surface area contributed by atoms with E-state index in [0.717, 1.165) is 11.4 Å². The molecule has 4 nitrogen and oxygen atoms in total. The lowest BCUT2D eigenvalue weighted by atomic mass is 10.4. The number of aliphatic imine (C=N–C) groups is 1. The van der Waals surface area contributed by atoms with Gasteiger partial charge in [-0.2, -0.15) is 0 Å². The molecule has 0 aromatic carbocycles. The van der Waals surface area contributed by atoms with Crippen molar-refractivity contribution in [3.05, 3.63) is 16.6 Å². The van der Waals surface area contributed by atoms with Crippen molar-refractivity contribution in [1.82, 2.24) is 4.98 Å². The van der Waals surface area contributed by atoms with Gasteiger partial charge in [0.1, 0.15) is 0 Å². The van der Waals surface area contributed by atoms with Crippen LogP contribution in [-0.4, -0.2) is 17.5 Å². The molecule has 0 atom stereocenters. The molecule has 0 aliphatic heterocycles. The molecule has 1 aromatic heterocycles.